The minimum Gasteiger partial charge on any atom is -0.319 e. The summed E-state index contributed by atoms with van der Waals surface area (Å²) < 4.78 is 1.54. The summed E-state index contributed by atoms with van der Waals surface area (Å²) in [5, 5.41) is 19.8. The topological polar surface area (TPSA) is 103 Å². The van der Waals surface area contributed by atoms with Crippen LogP contribution < -0.4 is 10.6 Å². The van der Waals surface area contributed by atoms with E-state index < -0.39 is 0 Å². The van der Waals surface area contributed by atoms with E-state index in [-0.39, 0.29) is 11.9 Å². The van der Waals surface area contributed by atoms with Crippen LogP contribution in [0.25, 0.3) is 0 Å². The van der Waals surface area contributed by atoms with E-state index in [0.717, 1.165) is 16.1 Å². The summed E-state index contributed by atoms with van der Waals surface area (Å²) in [6.07, 6.45) is 3.66. The highest BCUT2D eigenvalue weighted by Gasteiger charge is 2.28. The van der Waals surface area contributed by atoms with Crippen LogP contribution in [0.4, 0.5) is 15.5 Å². The SMILES string of the molecule is Cn1cc(C(=O)Nc2sc3c(c2C#N)CCN(C(=O)Nc2ccccc2)C3)cn1. The van der Waals surface area contributed by atoms with Crippen molar-refractivity contribution in [1.82, 2.24) is 14.7 Å². The molecule has 2 N–H and O–H groups in total. The van der Waals surface area contributed by atoms with Crippen LogP contribution in [0.5, 0.6) is 0 Å². The number of rotatable bonds is 3. The Kier molecular flexibility index (Phi) is 5.01. The molecule has 3 heterocycles. The highest BCUT2D eigenvalue weighted by molar-refractivity contribution is 7.16. The third-order valence-electron chi connectivity index (χ3n) is 4.68. The van der Waals surface area contributed by atoms with Crippen molar-refractivity contribution in [3.63, 3.8) is 0 Å². The largest absolute Gasteiger partial charge is 0.322 e. The molecule has 9 heteroatoms. The second-order valence-electron chi connectivity index (χ2n) is 6.64. The summed E-state index contributed by atoms with van der Waals surface area (Å²) in [6.45, 7) is 0.906. The molecule has 2 aromatic heterocycles. The van der Waals surface area contributed by atoms with Gasteiger partial charge in [-0.2, -0.15) is 10.4 Å². The van der Waals surface area contributed by atoms with Gasteiger partial charge in [0.05, 0.1) is 23.9 Å². The lowest BCUT2D eigenvalue weighted by atomic mass is 10.0. The number of nitriles is 1. The van der Waals surface area contributed by atoms with Crippen molar-refractivity contribution in [3.8, 4) is 6.07 Å². The van der Waals surface area contributed by atoms with Gasteiger partial charge >= 0.3 is 6.03 Å². The minimum atomic E-state index is -0.313. The van der Waals surface area contributed by atoms with Gasteiger partial charge in [0.25, 0.3) is 5.91 Å². The number of anilines is 2. The molecule has 0 aliphatic carbocycles. The lowest BCUT2D eigenvalue weighted by Gasteiger charge is -2.27. The smallest absolute Gasteiger partial charge is 0.319 e. The Bertz CT molecular complexity index is 1110. The Hall–Kier alpha value is -3.64. The number of hydrogen-bond donors (Lipinski definition) is 2. The number of amides is 3. The molecule has 0 saturated heterocycles. The predicted molar refractivity (Wildman–Crippen MR) is 110 cm³/mol. The fourth-order valence-electron chi connectivity index (χ4n) is 3.22. The molecule has 0 bridgehead atoms. The van der Waals surface area contributed by atoms with E-state index in [2.05, 4.69) is 21.8 Å². The van der Waals surface area contributed by atoms with Gasteiger partial charge in [0.2, 0.25) is 0 Å². The average molecular weight is 406 g/mol. The summed E-state index contributed by atoms with van der Waals surface area (Å²) in [4.78, 5) is 27.6. The van der Waals surface area contributed by atoms with E-state index in [1.807, 2.05) is 30.3 Å². The number of nitrogens with zero attached hydrogens (tertiary/aromatic N) is 4. The van der Waals surface area contributed by atoms with Crippen molar-refractivity contribution in [1.29, 1.82) is 5.26 Å². The Labute approximate surface area is 171 Å². The summed E-state index contributed by atoms with van der Waals surface area (Å²) in [7, 11) is 1.73. The zero-order valence-electron chi connectivity index (χ0n) is 15.7. The van der Waals surface area contributed by atoms with Gasteiger partial charge in [-0.1, -0.05) is 18.2 Å². The predicted octanol–water partition coefficient (Wildman–Crippen LogP) is 3.20. The first kappa shape index (κ1) is 18.7. The Morgan fingerprint density at radius 1 is 1.24 bits per heavy atom. The highest BCUT2D eigenvalue weighted by atomic mass is 32.1. The maximum atomic E-state index is 12.6. The van der Waals surface area contributed by atoms with Crippen LogP contribution >= 0.6 is 11.3 Å². The Morgan fingerprint density at radius 2 is 2.03 bits per heavy atom. The molecule has 1 aromatic carbocycles. The number of aryl methyl sites for hydroxylation is 1. The molecule has 8 nitrogen and oxygen atoms in total. The fraction of sp³-hybridized carbons (Fsp3) is 0.200. The van der Waals surface area contributed by atoms with Crippen LogP contribution in [-0.2, 0) is 20.0 Å². The van der Waals surface area contributed by atoms with E-state index in [1.54, 1.807) is 22.8 Å². The van der Waals surface area contributed by atoms with Crippen molar-refractivity contribution >= 4 is 34.0 Å². The van der Waals surface area contributed by atoms with E-state index in [1.165, 1.54) is 17.5 Å². The Morgan fingerprint density at radius 3 is 2.72 bits per heavy atom. The van der Waals surface area contributed by atoms with Crippen LogP contribution in [0.15, 0.2) is 42.7 Å². The highest BCUT2D eigenvalue weighted by Crippen LogP contribution is 2.37. The van der Waals surface area contributed by atoms with Crippen molar-refractivity contribution < 1.29 is 9.59 Å². The zero-order chi connectivity index (χ0) is 20.4. The Balaban J connectivity index is 1.51. The molecule has 3 amide bonds. The van der Waals surface area contributed by atoms with Gasteiger partial charge in [0, 0.05) is 30.4 Å². The van der Waals surface area contributed by atoms with Gasteiger partial charge < -0.3 is 15.5 Å². The molecule has 146 valence electrons. The van der Waals surface area contributed by atoms with Gasteiger partial charge in [-0.15, -0.1) is 11.3 Å². The van der Waals surface area contributed by atoms with E-state index >= 15 is 0 Å². The monoisotopic (exact) mass is 406 g/mol. The van der Waals surface area contributed by atoms with Crippen molar-refractivity contribution in [3.05, 3.63) is 64.3 Å². The molecule has 1 aliphatic heterocycles. The molecule has 0 fully saturated rings. The maximum absolute atomic E-state index is 12.6. The molecular weight excluding hydrogens is 388 g/mol. The minimum absolute atomic E-state index is 0.185. The third kappa shape index (κ3) is 3.83. The standard InChI is InChI=1S/C20H18N6O2S/c1-25-11-13(10-22-25)18(27)24-19-16(9-21)15-7-8-26(12-17(15)29-19)20(28)23-14-5-3-2-4-6-14/h2-6,10-11H,7-8,12H2,1H3,(H,23,28)(H,24,27). The van der Waals surface area contributed by atoms with Gasteiger partial charge in [0.15, 0.2) is 0 Å². The van der Waals surface area contributed by atoms with E-state index in [9.17, 15) is 14.9 Å². The van der Waals surface area contributed by atoms with Crippen molar-refractivity contribution in [2.75, 3.05) is 17.2 Å². The quantitative estimate of drug-likeness (QED) is 0.697. The number of carbonyl (C=O) groups excluding carboxylic acids is 2. The number of benzene rings is 1. The van der Waals surface area contributed by atoms with Gasteiger partial charge in [-0.3, -0.25) is 9.48 Å². The number of thiophene rings is 1. The summed E-state index contributed by atoms with van der Waals surface area (Å²) in [5.74, 6) is -0.313. The lowest BCUT2D eigenvalue weighted by Crippen LogP contribution is -2.38. The van der Waals surface area contributed by atoms with Gasteiger partial charge in [0.1, 0.15) is 11.1 Å². The maximum Gasteiger partial charge on any atom is 0.322 e. The molecule has 29 heavy (non-hydrogen) atoms. The molecular formula is C20H18N6O2S. The van der Waals surface area contributed by atoms with Gasteiger partial charge in [-0.25, -0.2) is 4.79 Å². The first-order valence-corrected chi connectivity index (χ1v) is 9.82. The van der Waals surface area contributed by atoms with E-state index in [0.29, 0.717) is 35.6 Å². The van der Waals surface area contributed by atoms with Crippen LogP contribution in [0.3, 0.4) is 0 Å². The number of carbonyl (C=O) groups is 2. The summed E-state index contributed by atoms with van der Waals surface area (Å²) >= 11 is 1.34. The number of urea groups is 1. The molecule has 0 spiro atoms. The first-order chi connectivity index (χ1) is 14.0. The van der Waals surface area contributed by atoms with Crippen LogP contribution in [0.2, 0.25) is 0 Å². The first-order valence-electron chi connectivity index (χ1n) is 9.00. The number of hydrogen-bond acceptors (Lipinski definition) is 5. The van der Waals surface area contributed by atoms with Crippen molar-refractivity contribution in [2.45, 2.75) is 13.0 Å². The lowest BCUT2D eigenvalue weighted by molar-refractivity contribution is 0.102. The number of para-hydroxylation sites is 1. The van der Waals surface area contributed by atoms with Crippen molar-refractivity contribution in [2.24, 2.45) is 7.05 Å². The zero-order valence-corrected chi connectivity index (χ0v) is 16.5. The second-order valence-corrected chi connectivity index (χ2v) is 7.75. The molecule has 1 aliphatic rings. The summed E-state index contributed by atoms with van der Waals surface area (Å²) in [6, 6.07) is 11.3. The molecule has 0 unspecified atom stereocenters. The van der Waals surface area contributed by atoms with Crippen LogP contribution in [0, 0.1) is 11.3 Å². The van der Waals surface area contributed by atoms with Crippen LogP contribution in [0.1, 0.15) is 26.4 Å². The third-order valence-corrected chi connectivity index (χ3v) is 5.81. The van der Waals surface area contributed by atoms with Gasteiger partial charge in [-0.05, 0) is 24.1 Å². The second kappa shape index (κ2) is 7.77. The van der Waals surface area contributed by atoms with Crippen LogP contribution in [-0.4, -0.2) is 33.2 Å². The molecule has 3 aromatic rings. The molecule has 0 atom stereocenters. The normalized spacial score (nSPS) is 12.8. The average Bonchev–Trinajstić information content (AvgIpc) is 3.31. The fourth-order valence-corrected chi connectivity index (χ4v) is 4.43. The number of nitrogens with one attached hydrogen (secondary N) is 2. The number of fused-ring (bicyclic) bond motifs is 1. The summed E-state index contributed by atoms with van der Waals surface area (Å²) in [5.41, 5.74) is 2.54. The molecule has 0 radical (unpaired) electrons. The molecule has 4 rings (SSSR count). The number of aromatic nitrogens is 2. The molecule has 0 saturated carbocycles. The van der Waals surface area contributed by atoms with E-state index in [4.69, 9.17) is 0 Å².